The van der Waals surface area contributed by atoms with Gasteiger partial charge in [0, 0.05) is 50.5 Å². The number of aryl methyl sites for hydroxylation is 2. The van der Waals surface area contributed by atoms with Gasteiger partial charge in [0.1, 0.15) is 0 Å². The van der Waals surface area contributed by atoms with E-state index in [-0.39, 0.29) is 5.91 Å². The molecule has 1 aliphatic carbocycles. The summed E-state index contributed by atoms with van der Waals surface area (Å²) in [4.78, 5) is 16.2. The van der Waals surface area contributed by atoms with Gasteiger partial charge in [-0.15, -0.1) is 10.2 Å². The number of amides is 1. The Hall–Kier alpha value is -1.83. The third-order valence-corrected chi connectivity index (χ3v) is 5.50. The van der Waals surface area contributed by atoms with Crippen LogP contribution in [0.1, 0.15) is 56.2 Å². The van der Waals surface area contributed by atoms with Crippen LogP contribution in [0.5, 0.6) is 0 Å². The van der Waals surface area contributed by atoms with Crippen molar-refractivity contribution >= 4 is 17.7 Å². The number of carbonyl (C=O) groups excluding carboxylic acids is 1. The van der Waals surface area contributed by atoms with Crippen molar-refractivity contribution < 1.29 is 9.21 Å². The molecule has 8 heteroatoms. The maximum atomic E-state index is 11.9. The number of aromatic nitrogens is 4. The highest BCUT2D eigenvalue weighted by molar-refractivity contribution is 7.99. The van der Waals surface area contributed by atoms with Gasteiger partial charge in [-0.25, -0.2) is 4.98 Å². The van der Waals surface area contributed by atoms with Crippen molar-refractivity contribution in [2.45, 2.75) is 56.0 Å². The first-order chi connectivity index (χ1) is 12.2. The summed E-state index contributed by atoms with van der Waals surface area (Å²) >= 11 is 1.63. The topological polar surface area (TPSA) is 85.8 Å². The van der Waals surface area contributed by atoms with Gasteiger partial charge in [0.25, 0.3) is 0 Å². The molecule has 0 spiro atoms. The molecular weight excluding hydrogens is 338 g/mol. The number of thioether (sulfide) groups is 1. The predicted molar refractivity (Wildman–Crippen MR) is 95.4 cm³/mol. The molecule has 1 fully saturated rings. The highest BCUT2D eigenvalue weighted by atomic mass is 32.2. The van der Waals surface area contributed by atoms with Gasteiger partial charge in [-0.1, -0.05) is 31.0 Å². The van der Waals surface area contributed by atoms with E-state index in [2.05, 4.69) is 20.5 Å². The van der Waals surface area contributed by atoms with Gasteiger partial charge in [-0.05, 0) is 12.8 Å². The highest BCUT2D eigenvalue weighted by Gasteiger charge is 2.21. The molecule has 0 aliphatic heterocycles. The molecule has 2 aromatic heterocycles. The monoisotopic (exact) mass is 363 g/mol. The lowest BCUT2D eigenvalue weighted by Gasteiger charge is -2.17. The van der Waals surface area contributed by atoms with Crippen LogP contribution in [0, 0.1) is 0 Å². The number of rotatable bonds is 8. The van der Waals surface area contributed by atoms with Gasteiger partial charge in [-0.3, -0.25) is 4.79 Å². The fourth-order valence-corrected chi connectivity index (χ4v) is 3.80. The molecule has 0 radical (unpaired) electrons. The van der Waals surface area contributed by atoms with Gasteiger partial charge < -0.3 is 14.3 Å². The first kappa shape index (κ1) is 18.0. The molecule has 1 N–H and O–H groups in total. The standard InChI is InChI=1S/C17H25N5O2S/c1-22-11-9-19-17(22)25-12-10-18-14(23)7-8-15-20-21-16(24-15)13-5-3-2-4-6-13/h9,11,13H,2-8,10,12H2,1H3,(H,18,23). The summed E-state index contributed by atoms with van der Waals surface area (Å²) in [5.41, 5.74) is 0. The van der Waals surface area contributed by atoms with E-state index < -0.39 is 0 Å². The van der Waals surface area contributed by atoms with Crippen LogP contribution in [0.4, 0.5) is 0 Å². The Morgan fingerprint density at radius 3 is 2.96 bits per heavy atom. The summed E-state index contributed by atoms with van der Waals surface area (Å²) in [6.45, 7) is 0.619. The van der Waals surface area contributed by atoms with Crippen molar-refractivity contribution in [2.75, 3.05) is 12.3 Å². The minimum atomic E-state index is 0.0119. The van der Waals surface area contributed by atoms with Crippen molar-refractivity contribution in [1.29, 1.82) is 0 Å². The molecule has 0 saturated heterocycles. The quantitative estimate of drug-likeness (QED) is 0.573. The van der Waals surface area contributed by atoms with Gasteiger partial charge in [0.15, 0.2) is 5.16 Å². The average Bonchev–Trinajstić information content (AvgIpc) is 3.27. The highest BCUT2D eigenvalue weighted by Crippen LogP contribution is 2.31. The normalized spacial score (nSPS) is 15.4. The predicted octanol–water partition coefficient (Wildman–Crippen LogP) is 2.69. The van der Waals surface area contributed by atoms with E-state index in [4.69, 9.17) is 4.42 Å². The maximum Gasteiger partial charge on any atom is 0.220 e. The van der Waals surface area contributed by atoms with Gasteiger partial charge in [0.05, 0.1) is 0 Å². The Labute approximate surface area is 152 Å². The molecule has 1 saturated carbocycles. The van der Waals surface area contributed by atoms with E-state index in [0.717, 1.165) is 29.6 Å². The minimum absolute atomic E-state index is 0.0119. The van der Waals surface area contributed by atoms with Crippen molar-refractivity contribution in [3.63, 3.8) is 0 Å². The first-order valence-electron chi connectivity index (χ1n) is 8.91. The molecular formula is C17H25N5O2S. The molecule has 7 nitrogen and oxygen atoms in total. The average molecular weight is 363 g/mol. The SMILES string of the molecule is Cn1ccnc1SCCNC(=O)CCc1nnc(C2CCCCC2)o1. The van der Waals surface area contributed by atoms with Crippen LogP contribution in [0.3, 0.4) is 0 Å². The Balaban J connectivity index is 1.33. The smallest absolute Gasteiger partial charge is 0.220 e. The van der Waals surface area contributed by atoms with E-state index in [0.29, 0.717) is 31.2 Å². The lowest BCUT2D eigenvalue weighted by Crippen LogP contribution is -2.26. The lowest BCUT2D eigenvalue weighted by atomic mass is 9.89. The van der Waals surface area contributed by atoms with Crippen molar-refractivity contribution in [1.82, 2.24) is 25.1 Å². The van der Waals surface area contributed by atoms with Gasteiger partial charge in [0.2, 0.25) is 17.7 Å². The summed E-state index contributed by atoms with van der Waals surface area (Å²) < 4.78 is 7.71. The molecule has 0 unspecified atom stereocenters. The zero-order valence-corrected chi connectivity index (χ0v) is 15.4. The fourth-order valence-electron chi connectivity index (χ4n) is 3.01. The van der Waals surface area contributed by atoms with Crippen molar-refractivity contribution in [3.05, 3.63) is 24.2 Å². The molecule has 136 valence electrons. The molecule has 1 amide bonds. The second-order valence-corrected chi connectivity index (χ2v) is 7.45. The number of nitrogens with one attached hydrogen (secondary N) is 1. The van der Waals surface area contributed by atoms with Crippen molar-refractivity contribution in [2.24, 2.45) is 7.05 Å². The van der Waals surface area contributed by atoms with Gasteiger partial charge in [-0.2, -0.15) is 0 Å². The van der Waals surface area contributed by atoms with E-state index in [1.807, 2.05) is 17.8 Å². The number of imidazole rings is 1. The molecule has 0 bridgehead atoms. The van der Waals surface area contributed by atoms with Crippen LogP contribution < -0.4 is 5.32 Å². The Morgan fingerprint density at radius 2 is 2.20 bits per heavy atom. The third kappa shape index (κ3) is 5.32. The van der Waals surface area contributed by atoms with Crippen LogP contribution in [-0.4, -0.2) is 38.0 Å². The van der Waals surface area contributed by atoms with Crippen LogP contribution >= 0.6 is 11.8 Å². The maximum absolute atomic E-state index is 11.9. The number of hydrogen-bond acceptors (Lipinski definition) is 6. The van der Waals surface area contributed by atoms with Crippen molar-refractivity contribution in [3.8, 4) is 0 Å². The van der Waals surface area contributed by atoms with Crippen LogP contribution in [0.25, 0.3) is 0 Å². The van der Waals surface area contributed by atoms with E-state index >= 15 is 0 Å². The zero-order valence-electron chi connectivity index (χ0n) is 14.6. The number of carbonyl (C=O) groups is 1. The van der Waals surface area contributed by atoms with Crippen LogP contribution in [0.15, 0.2) is 22.0 Å². The fraction of sp³-hybridized carbons (Fsp3) is 0.647. The Morgan fingerprint density at radius 1 is 1.36 bits per heavy atom. The molecule has 3 rings (SSSR count). The van der Waals surface area contributed by atoms with E-state index in [9.17, 15) is 4.79 Å². The lowest BCUT2D eigenvalue weighted by molar-refractivity contribution is -0.121. The van der Waals surface area contributed by atoms with E-state index in [1.165, 1.54) is 19.3 Å². The summed E-state index contributed by atoms with van der Waals surface area (Å²) in [6, 6.07) is 0. The Bertz CT molecular complexity index is 678. The zero-order chi connectivity index (χ0) is 17.5. The van der Waals surface area contributed by atoms with E-state index in [1.54, 1.807) is 18.0 Å². The summed E-state index contributed by atoms with van der Waals surface area (Å²) in [7, 11) is 1.96. The van der Waals surface area contributed by atoms with Crippen LogP contribution in [-0.2, 0) is 18.3 Å². The minimum Gasteiger partial charge on any atom is -0.425 e. The summed E-state index contributed by atoms with van der Waals surface area (Å²) in [5.74, 6) is 2.53. The largest absolute Gasteiger partial charge is 0.425 e. The molecule has 0 aromatic carbocycles. The number of hydrogen-bond donors (Lipinski definition) is 1. The number of nitrogens with zero attached hydrogens (tertiary/aromatic N) is 4. The first-order valence-corrected chi connectivity index (χ1v) is 9.90. The summed E-state index contributed by atoms with van der Waals surface area (Å²) in [6.07, 6.45) is 10.6. The third-order valence-electron chi connectivity index (χ3n) is 4.44. The van der Waals surface area contributed by atoms with Crippen LogP contribution in [0.2, 0.25) is 0 Å². The molecule has 2 aromatic rings. The molecule has 25 heavy (non-hydrogen) atoms. The summed E-state index contributed by atoms with van der Waals surface area (Å²) in [5, 5.41) is 12.1. The molecule has 1 aliphatic rings. The van der Waals surface area contributed by atoms with Gasteiger partial charge >= 0.3 is 0 Å². The molecule has 0 atom stereocenters. The second kappa shape index (κ2) is 9.03. The molecule has 2 heterocycles. The Kier molecular flexibility index (Phi) is 6.49. The second-order valence-electron chi connectivity index (χ2n) is 6.39.